The zero-order chi connectivity index (χ0) is 8.06. The third-order valence-electron chi connectivity index (χ3n) is 3.18. The summed E-state index contributed by atoms with van der Waals surface area (Å²) in [6, 6.07) is 0. The van der Waals surface area contributed by atoms with Gasteiger partial charge in [0.25, 0.3) is 0 Å². The molecule has 2 aliphatic carbocycles. The molecule has 0 aromatic heterocycles. The molecule has 0 heterocycles. The second-order valence-electron chi connectivity index (χ2n) is 3.85. The first-order valence-corrected chi connectivity index (χ1v) is 4.32. The van der Waals surface area contributed by atoms with E-state index in [0.29, 0.717) is 0 Å². The van der Waals surface area contributed by atoms with Crippen molar-refractivity contribution in [2.75, 3.05) is 6.54 Å². The molecule has 60 valence electrons. The van der Waals surface area contributed by atoms with E-state index < -0.39 is 0 Å². The Morgan fingerprint density at radius 1 is 1.55 bits per heavy atom. The fourth-order valence-electron chi connectivity index (χ4n) is 1.92. The summed E-state index contributed by atoms with van der Waals surface area (Å²) in [6.07, 6.45) is 3.96. The summed E-state index contributed by atoms with van der Waals surface area (Å²) < 4.78 is 0. The Morgan fingerprint density at radius 3 is 2.45 bits per heavy atom. The highest BCUT2D eigenvalue weighted by atomic mass is 14.7. The third-order valence-corrected chi connectivity index (χ3v) is 3.18. The van der Waals surface area contributed by atoms with Crippen molar-refractivity contribution in [1.29, 1.82) is 0 Å². The topological polar surface area (TPSA) is 26.0 Å². The smallest absolute Gasteiger partial charge is 0.0296 e. The van der Waals surface area contributed by atoms with Gasteiger partial charge in [0.15, 0.2) is 0 Å². The Bertz CT molecular complexity index is 244. The van der Waals surface area contributed by atoms with E-state index in [4.69, 9.17) is 5.73 Å². The zero-order valence-corrected chi connectivity index (χ0v) is 7.11. The Labute approximate surface area is 68.0 Å². The molecule has 0 aromatic rings. The van der Waals surface area contributed by atoms with Gasteiger partial charge in [-0.2, -0.15) is 0 Å². The molecule has 2 saturated carbocycles. The van der Waals surface area contributed by atoms with Crippen molar-refractivity contribution in [3.63, 3.8) is 0 Å². The molecule has 1 heteroatoms. The molecule has 2 fully saturated rings. The van der Waals surface area contributed by atoms with Crippen LogP contribution in [-0.2, 0) is 0 Å². The van der Waals surface area contributed by atoms with E-state index in [1.165, 1.54) is 30.4 Å². The average Bonchev–Trinajstić information content (AvgIpc) is 2.39. The minimum atomic E-state index is 0.204. The van der Waals surface area contributed by atoms with E-state index in [-0.39, 0.29) is 5.41 Å². The maximum atomic E-state index is 5.67. The first-order valence-electron chi connectivity index (χ1n) is 4.32. The lowest BCUT2D eigenvalue weighted by molar-refractivity contribution is 0.616. The Balaban J connectivity index is 2.27. The van der Waals surface area contributed by atoms with Gasteiger partial charge < -0.3 is 5.73 Å². The van der Waals surface area contributed by atoms with E-state index in [0.717, 1.165) is 6.54 Å². The van der Waals surface area contributed by atoms with Crippen molar-refractivity contribution in [2.24, 2.45) is 11.1 Å². The Hall–Kier alpha value is -0.560. The van der Waals surface area contributed by atoms with E-state index in [9.17, 15) is 0 Å². The molecule has 0 spiro atoms. The Morgan fingerprint density at radius 2 is 2.18 bits per heavy atom. The van der Waals surface area contributed by atoms with Crippen LogP contribution in [0.2, 0.25) is 0 Å². The third kappa shape index (κ3) is 0.747. The van der Waals surface area contributed by atoms with Crippen LogP contribution >= 0.6 is 0 Å². The van der Waals surface area contributed by atoms with Crippen molar-refractivity contribution in [3.8, 4) is 0 Å². The molecular formula is C10H15N. The summed E-state index contributed by atoms with van der Waals surface area (Å²) in [4.78, 5) is 0. The zero-order valence-electron chi connectivity index (χ0n) is 7.11. The first kappa shape index (κ1) is 7.11. The highest BCUT2D eigenvalue weighted by molar-refractivity contribution is 5.63. The Kier molecular flexibility index (Phi) is 1.28. The minimum Gasteiger partial charge on any atom is -0.329 e. The van der Waals surface area contributed by atoms with Crippen molar-refractivity contribution in [2.45, 2.75) is 26.2 Å². The van der Waals surface area contributed by atoms with Crippen LogP contribution < -0.4 is 5.73 Å². The number of rotatable bonds is 1. The van der Waals surface area contributed by atoms with E-state index in [1.807, 2.05) is 0 Å². The number of hydrogen-bond donors (Lipinski definition) is 1. The lowest BCUT2D eigenvalue weighted by Crippen LogP contribution is -2.13. The van der Waals surface area contributed by atoms with Crippen LogP contribution in [0.4, 0.5) is 0 Å². The van der Waals surface area contributed by atoms with Crippen LogP contribution in [-0.4, -0.2) is 6.54 Å². The molecule has 2 aliphatic rings. The maximum Gasteiger partial charge on any atom is 0.0296 e. The van der Waals surface area contributed by atoms with Crippen LogP contribution in [0.1, 0.15) is 26.2 Å². The van der Waals surface area contributed by atoms with Crippen LogP contribution in [0.25, 0.3) is 0 Å². The lowest BCUT2D eigenvalue weighted by atomic mass is 9.89. The molecule has 2 rings (SSSR count). The molecule has 0 saturated heterocycles. The molecule has 0 amide bonds. The molecule has 1 unspecified atom stereocenters. The summed E-state index contributed by atoms with van der Waals surface area (Å²) in [6.45, 7) is 6.98. The number of allylic oxidation sites excluding steroid dienone is 1. The molecule has 1 nitrogen and oxygen atoms in total. The minimum absolute atomic E-state index is 0.204. The fraction of sp³-hybridized carbons (Fsp3) is 0.600. The second-order valence-corrected chi connectivity index (χ2v) is 3.85. The summed E-state index contributed by atoms with van der Waals surface area (Å²) in [7, 11) is 0. The van der Waals surface area contributed by atoms with Gasteiger partial charge >= 0.3 is 0 Å². The van der Waals surface area contributed by atoms with Gasteiger partial charge in [-0.3, -0.25) is 0 Å². The predicted octanol–water partition coefficient (Wildman–Crippen LogP) is 2.00. The number of hydrogen-bond acceptors (Lipinski definition) is 1. The average molecular weight is 149 g/mol. The van der Waals surface area contributed by atoms with Crippen LogP contribution in [0.3, 0.4) is 0 Å². The summed E-state index contributed by atoms with van der Waals surface area (Å²) >= 11 is 0. The van der Waals surface area contributed by atoms with Gasteiger partial charge in [-0.25, -0.2) is 0 Å². The molecule has 1 atom stereocenters. The highest BCUT2D eigenvalue weighted by Gasteiger charge is 2.50. The fourth-order valence-corrected chi connectivity index (χ4v) is 1.92. The number of nitrogens with two attached hydrogens (primary N) is 1. The van der Waals surface area contributed by atoms with Crippen LogP contribution in [0.5, 0.6) is 0 Å². The van der Waals surface area contributed by atoms with Crippen LogP contribution in [0.15, 0.2) is 23.3 Å². The van der Waals surface area contributed by atoms with Crippen molar-refractivity contribution in [3.05, 3.63) is 23.3 Å². The summed E-state index contributed by atoms with van der Waals surface area (Å²) in [5.74, 6) is 0. The normalized spacial score (nSPS) is 35.6. The summed E-state index contributed by atoms with van der Waals surface area (Å²) in [5.41, 5.74) is 10.3. The second kappa shape index (κ2) is 1.98. The van der Waals surface area contributed by atoms with Crippen molar-refractivity contribution in [1.82, 2.24) is 0 Å². The van der Waals surface area contributed by atoms with Crippen LogP contribution in [0, 0.1) is 5.41 Å². The highest BCUT2D eigenvalue weighted by Crippen LogP contribution is 2.59. The SMILES string of the molecule is C=C1C(=C2CCC2)C1(C)CN. The first-order chi connectivity index (χ1) is 5.20. The monoisotopic (exact) mass is 149 g/mol. The molecular weight excluding hydrogens is 134 g/mol. The quantitative estimate of drug-likeness (QED) is 0.606. The van der Waals surface area contributed by atoms with Gasteiger partial charge in [-0.05, 0) is 30.4 Å². The lowest BCUT2D eigenvalue weighted by Gasteiger charge is -2.16. The van der Waals surface area contributed by atoms with E-state index >= 15 is 0 Å². The van der Waals surface area contributed by atoms with E-state index in [1.54, 1.807) is 5.57 Å². The van der Waals surface area contributed by atoms with E-state index in [2.05, 4.69) is 13.5 Å². The predicted molar refractivity (Wildman–Crippen MR) is 47.2 cm³/mol. The molecule has 11 heavy (non-hydrogen) atoms. The van der Waals surface area contributed by atoms with Crippen molar-refractivity contribution < 1.29 is 0 Å². The van der Waals surface area contributed by atoms with Gasteiger partial charge in [0.2, 0.25) is 0 Å². The van der Waals surface area contributed by atoms with Crippen molar-refractivity contribution >= 4 is 0 Å². The standard InChI is InChI=1S/C10H15N/c1-7-9(8-4-3-5-8)10(7,2)6-11/h1,3-6,11H2,2H3. The summed E-state index contributed by atoms with van der Waals surface area (Å²) in [5, 5.41) is 0. The van der Waals surface area contributed by atoms with Gasteiger partial charge in [0.05, 0.1) is 0 Å². The molecule has 0 bridgehead atoms. The van der Waals surface area contributed by atoms with Gasteiger partial charge in [0.1, 0.15) is 0 Å². The maximum absolute atomic E-state index is 5.67. The molecule has 2 N–H and O–H groups in total. The van der Waals surface area contributed by atoms with Gasteiger partial charge in [0, 0.05) is 12.0 Å². The molecule has 0 aromatic carbocycles. The molecule has 0 radical (unpaired) electrons. The van der Waals surface area contributed by atoms with Gasteiger partial charge in [-0.1, -0.05) is 19.1 Å². The van der Waals surface area contributed by atoms with Gasteiger partial charge in [-0.15, -0.1) is 0 Å². The molecule has 0 aliphatic heterocycles. The largest absolute Gasteiger partial charge is 0.329 e.